The third kappa shape index (κ3) is 4.98. The van der Waals surface area contributed by atoms with Crippen LogP contribution in [0.15, 0.2) is 53.5 Å². The van der Waals surface area contributed by atoms with Gasteiger partial charge in [-0.1, -0.05) is 48.9 Å². The van der Waals surface area contributed by atoms with Crippen LogP contribution in [0.25, 0.3) is 0 Å². The number of hydrogen-bond donors (Lipinski definition) is 2. The molecule has 2 rings (SSSR count). The molecule has 3 N–H and O–H groups in total. The van der Waals surface area contributed by atoms with Crippen LogP contribution in [0.5, 0.6) is 0 Å². The molecule has 23 heavy (non-hydrogen) atoms. The van der Waals surface area contributed by atoms with Gasteiger partial charge in [0.05, 0.1) is 6.54 Å². The van der Waals surface area contributed by atoms with E-state index in [2.05, 4.69) is 29.4 Å². The SMILES string of the molecule is CCc1ccc(NC(N)=NCC(OC)c2ccccc2Cl)cc1. The first-order chi connectivity index (χ1) is 11.1. The average molecular weight is 332 g/mol. The topological polar surface area (TPSA) is 59.6 Å². The Morgan fingerprint density at radius 2 is 1.91 bits per heavy atom. The van der Waals surface area contributed by atoms with E-state index in [-0.39, 0.29) is 6.10 Å². The summed E-state index contributed by atoms with van der Waals surface area (Å²) in [6, 6.07) is 15.7. The van der Waals surface area contributed by atoms with E-state index in [1.165, 1.54) is 5.56 Å². The molecule has 1 atom stereocenters. The number of benzene rings is 2. The maximum absolute atomic E-state index is 6.20. The molecule has 122 valence electrons. The molecule has 4 nitrogen and oxygen atoms in total. The van der Waals surface area contributed by atoms with Gasteiger partial charge in [-0.2, -0.15) is 0 Å². The van der Waals surface area contributed by atoms with E-state index in [4.69, 9.17) is 22.1 Å². The molecule has 0 aliphatic rings. The first-order valence-corrected chi connectivity index (χ1v) is 7.95. The van der Waals surface area contributed by atoms with Gasteiger partial charge in [-0.05, 0) is 30.2 Å². The number of aryl methyl sites for hydroxylation is 1. The summed E-state index contributed by atoms with van der Waals surface area (Å²) >= 11 is 6.20. The monoisotopic (exact) mass is 331 g/mol. The molecule has 0 spiro atoms. The zero-order valence-electron chi connectivity index (χ0n) is 13.4. The summed E-state index contributed by atoms with van der Waals surface area (Å²) in [7, 11) is 1.64. The van der Waals surface area contributed by atoms with Gasteiger partial charge in [0.2, 0.25) is 0 Å². The Hall–Kier alpha value is -2.04. The fourth-order valence-corrected chi connectivity index (χ4v) is 2.49. The molecule has 0 aliphatic carbocycles. The maximum atomic E-state index is 6.20. The standard InChI is InChI=1S/C18H22ClN3O/c1-3-13-8-10-14(11-9-13)22-18(20)21-12-17(23-2)15-6-4-5-7-16(15)19/h4-11,17H,3,12H2,1-2H3,(H3,20,21,22). The number of guanidine groups is 1. The average Bonchev–Trinajstić information content (AvgIpc) is 2.57. The van der Waals surface area contributed by atoms with Crippen molar-refractivity contribution in [3.8, 4) is 0 Å². The number of anilines is 1. The van der Waals surface area contributed by atoms with Crippen molar-refractivity contribution in [3.63, 3.8) is 0 Å². The lowest BCUT2D eigenvalue weighted by Gasteiger charge is -2.15. The Bertz CT molecular complexity index is 656. The first kappa shape index (κ1) is 17.3. The van der Waals surface area contributed by atoms with Crippen LogP contribution in [-0.2, 0) is 11.2 Å². The van der Waals surface area contributed by atoms with Gasteiger partial charge in [-0.3, -0.25) is 4.99 Å². The fraction of sp³-hybridized carbons (Fsp3) is 0.278. The second kappa shape index (κ2) is 8.56. The number of hydrogen-bond acceptors (Lipinski definition) is 2. The van der Waals surface area contributed by atoms with Gasteiger partial charge in [0.1, 0.15) is 6.10 Å². The van der Waals surface area contributed by atoms with Gasteiger partial charge in [-0.25, -0.2) is 0 Å². The van der Waals surface area contributed by atoms with E-state index in [0.717, 1.165) is 17.7 Å². The van der Waals surface area contributed by atoms with Gasteiger partial charge in [0, 0.05) is 23.4 Å². The van der Waals surface area contributed by atoms with Gasteiger partial charge >= 0.3 is 0 Å². The van der Waals surface area contributed by atoms with Crippen molar-refractivity contribution >= 4 is 23.2 Å². The second-order valence-corrected chi connectivity index (χ2v) is 5.55. The van der Waals surface area contributed by atoms with E-state index in [1.807, 2.05) is 36.4 Å². The number of halogens is 1. The van der Waals surface area contributed by atoms with E-state index in [9.17, 15) is 0 Å². The van der Waals surface area contributed by atoms with Crippen molar-refractivity contribution in [2.24, 2.45) is 10.7 Å². The van der Waals surface area contributed by atoms with E-state index >= 15 is 0 Å². The van der Waals surface area contributed by atoms with Gasteiger partial charge < -0.3 is 15.8 Å². The molecular weight excluding hydrogens is 310 g/mol. The third-order valence-corrected chi connectivity index (χ3v) is 3.94. The normalized spacial score (nSPS) is 12.9. The van der Waals surface area contributed by atoms with Crippen LogP contribution in [0.3, 0.4) is 0 Å². The summed E-state index contributed by atoms with van der Waals surface area (Å²) in [5, 5.41) is 3.74. The molecule has 0 saturated heterocycles. The Morgan fingerprint density at radius 1 is 1.22 bits per heavy atom. The summed E-state index contributed by atoms with van der Waals surface area (Å²) in [5.74, 6) is 0.350. The quantitative estimate of drug-likeness (QED) is 0.621. The predicted molar refractivity (Wildman–Crippen MR) is 97.1 cm³/mol. The highest BCUT2D eigenvalue weighted by molar-refractivity contribution is 6.31. The van der Waals surface area contributed by atoms with Crippen LogP contribution < -0.4 is 11.1 Å². The number of rotatable bonds is 6. The van der Waals surface area contributed by atoms with Crippen molar-refractivity contribution in [1.82, 2.24) is 0 Å². The maximum Gasteiger partial charge on any atom is 0.193 e. The minimum atomic E-state index is -0.230. The molecule has 2 aromatic rings. The van der Waals surface area contributed by atoms with Crippen LogP contribution in [0, 0.1) is 0 Å². The first-order valence-electron chi connectivity index (χ1n) is 7.57. The molecule has 0 saturated carbocycles. The molecule has 1 unspecified atom stereocenters. The third-order valence-electron chi connectivity index (χ3n) is 3.60. The molecule has 5 heteroatoms. The Kier molecular flexibility index (Phi) is 6.44. The Morgan fingerprint density at radius 3 is 2.52 bits per heavy atom. The lowest BCUT2D eigenvalue weighted by atomic mass is 10.1. The minimum absolute atomic E-state index is 0.230. The van der Waals surface area contributed by atoms with Crippen LogP contribution in [0.2, 0.25) is 5.02 Å². The molecular formula is C18H22ClN3O. The zero-order chi connectivity index (χ0) is 16.7. The molecule has 0 amide bonds. The number of methoxy groups -OCH3 is 1. The number of nitrogens with zero attached hydrogens (tertiary/aromatic N) is 1. The van der Waals surface area contributed by atoms with Gasteiger partial charge in [0.25, 0.3) is 0 Å². The second-order valence-electron chi connectivity index (χ2n) is 5.15. The molecule has 0 heterocycles. The minimum Gasteiger partial charge on any atom is -0.375 e. The highest BCUT2D eigenvalue weighted by atomic mass is 35.5. The van der Waals surface area contributed by atoms with E-state index in [0.29, 0.717) is 17.5 Å². The van der Waals surface area contributed by atoms with Crippen molar-refractivity contribution in [2.75, 3.05) is 19.0 Å². The van der Waals surface area contributed by atoms with Gasteiger partial charge in [-0.15, -0.1) is 0 Å². The summed E-state index contributed by atoms with van der Waals surface area (Å²) in [4.78, 5) is 4.35. The summed E-state index contributed by atoms with van der Waals surface area (Å²) < 4.78 is 5.47. The summed E-state index contributed by atoms with van der Waals surface area (Å²) in [6.07, 6.45) is 0.781. The van der Waals surface area contributed by atoms with Crippen molar-refractivity contribution < 1.29 is 4.74 Å². The summed E-state index contributed by atoms with van der Waals surface area (Å²) in [5.41, 5.74) is 9.04. The smallest absolute Gasteiger partial charge is 0.193 e. The van der Waals surface area contributed by atoms with Crippen LogP contribution in [-0.4, -0.2) is 19.6 Å². The lowest BCUT2D eigenvalue weighted by molar-refractivity contribution is 0.111. The fourth-order valence-electron chi connectivity index (χ4n) is 2.23. The predicted octanol–water partition coefficient (Wildman–Crippen LogP) is 4.02. The van der Waals surface area contributed by atoms with Crippen molar-refractivity contribution in [3.05, 3.63) is 64.7 Å². The molecule has 0 aliphatic heterocycles. The molecule has 0 bridgehead atoms. The van der Waals surface area contributed by atoms with Crippen molar-refractivity contribution in [2.45, 2.75) is 19.4 Å². The van der Waals surface area contributed by atoms with Gasteiger partial charge in [0.15, 0.2) is 5.96 Å². The molecule has 0 aromatic heterocycles. The lowest BCUT2D eigenvalue weighted by Crippen LogP contribution is -2.24. The van der Waals surface area contributed by atoms with Crippen molar-refractivity contribution in [1.29, 1.82) is 0 Å². The number of nitrogens with one attached hydrogen (secondary N) is 1. The number of ether oxygens (including phenoxy) is 1. The number of aliphatic imine (C=N–C) groups is 1. The van der Waals surface area contributed by atoms with Crippen LogP contribution in [0.1, 0.15) is 24.2 Å². The molecule has 0 fully saturated rings. The van der Waals surface area contributed by atoms with Crippen LogP contribution >= 0.6 is 11.6 Å². The zero-order valence-corrected chi connectivity index (χ0v) is 14.2. The summed E-state index contributed by atoms with van der Waals surface area (Å²) in [6.45, 7) is 2.52. The molecule has 0 radical (unpaired) electrons. The largest absolute Gasteiger partial charge is 0.375 e. The Balaban J connectivity index is 2.00. The van der Waals surface area contributed by atoms with Crippen LogP contribution in [0.4, 0.5) is 5.69 Å². The van der Waals surface area contributed by atoms with E-state index < -0.39 is 0 Å². The van der Waals surface area contributed by atoms with E-state index in [1.54, 1.807) is 7.11 Å². The number of nitrogens with two attached hydrogens (primary N) is 1. The molecule has 2 aromatic carbocycles. The highest BCUT2D eigenvalue weighted by Crippen LogP contribution is 2.25. The Labute approximate surface area is 142 Å². The highest BCUT2D eigenvalue weighted by Gasteiger charge is 2.13.